The Balaban J connectivity index is 2.69. The van der Waals surface area contributed by atoms with Crippen LogP contribution in [0.1, 0.15) is 12.5 Å². The van der Waals surface area contributed by atoms with Crippen LogP contribution in [0, 0.1) is 0 Å². The van der Waals surface area contributed by atoms with Gasteiger partial charge in [0.1, 0.15) is 0 Å². The van der Waals surface area contributed by atoms with Gasteiger partial charge in [-0.3, -0.25) is 0 Å². The van der Waals surface area contributed by atoms with E-state index in [1.165, 1.54) is 0 Å². The molecule has 0 aliphatic heterocycles. The van der Waals surface area contributed by atoms with Crippen LogP contribution >= 0.6 is 11.8 Å². The molecule has 0 amide bonds. The maximum atomic E-state index is 11.8. The molecule has 0 radical (unpaired) electrons. The van der Waals surface area contributed by atoms with Crippen molar-refractivity contribution in [3.63, 3.8) is 0 Å². The third kappa shape index (κ3) is 4.42. The van der Waals surface area contributed by atoms with Crippen molar-refractivity contribution >= 4 is 11.8 Å². The summed E-state index contributed by atoms with van der Waals surface area (Å²) in [6.07, 6.45) is -3.15. The molecule has 82 valence electrons. The van der Waals surface area contributed by atoms with E-state index in [4.69, 9.17) is 0 Å². The standard InChI is InChI=1S/C11H11F3S/c1-2-9-5-3-4-6-10(9)15-8-7-11(12,13)14/h3-8H,2H2,1H3/b8-7+. The van der Waals surface area contributed by atoms with E-state index in [-0.39, 0.29) is 6.08 Å². The summed E-state index contributed by atoms with van der Waals surface area (Å²) in [6.45, 7) is 1.98. The number of alkyl halides is 3. The van der Waals surface area contributed by atoms with Crippen molar-refractivity contribution in [1.29, 1.82) is 0 Å². The van der Waals surface area contributed by atoms with Crippen molar-refractivity contribution in [3.05, 3.63) is 41.3 Å². The van der Waals surface area contributed by atoms with Crippen molar-refractivity contribution in [2.45, 2.75) is 24.4 Å². The van der Waals surface area contributed by atoms with Crippen LogP contribution in [0.2, 0.25) is 0 Å². The summed E-state index contributed by atoms with van der Waals surface area (Å²) in [7, 11) is 0. The van der Waals surface area contributed by atoms with E-state index in [1.807, 2.05) is 31.2 Å². The Bertz CT molecular complexity index is 342. The fourth-order valence-electron chi connectivity index (χ4n) is 1.10. The number of rotatable bonds is 3. The first-order valence-electron chi connectivity index (χ1n) is 4.52. The first-order chi connectivity index (χ1) is 7.03. The topological polar surface area (TPSA) is 0 Å². The Kier molecular flexibility index (Phi) is 4.27. The summed E-state index contributed by atoms with van der Waals surface area (Å²) >= 11 is 1.10. The van der Waals surface area contributed by atoms with Gasteiger partial charge in [-0.25, -0.2) is 0 Å². The zero-order chi connectivity index (χ0) is 11.3. The summed E-state index contributed by atoms with van der Waals surface area (Å²) in [5.41, 5.74) is 1.06. The Morgan fingerprint density at radius 3 is 2.53 bits per heavy atom. The molecule has 0 fully saturated rings. The third-order valence-corrected chi connectivity index (χ3v) is 2.73. The predicted octanol–water partition coefficient (Wildman–Crippen LogP) is 4.42. The van der Waals surface area contributed by atoms with E-state index in [0.29, 0.717) is 0 Å². The molecule has 0 N–H and O–H groups in total. The van der Waals surface area contributed by atoms with Crippen LogP contribution in [-0.4, -0.2) is 6.18 Å². The molecule has 0 saturated heterocycles. The van der Waals surface area contributed by atoms with Crippen molar-refractivity contribution < 1.29 is 13.2 Å². The van der Waals surface area contributed by atoms with Gasteiger partial charge in [-0.15, -0.1) is 0 Å². The lowest BCUT2D eigenvalue weighted by molar-refractivity contribution is -0.0796. The summed E-state index contributed by atoms with van der Waals surface area (Å²) < 4.78 is 35.5. The van der Waals surface area contributed by atoms with E-state index in [2.05, 4.69) is 0 Å². The van der Waals surface area contributed by atoms with Crippen LogP contribution in [0.3, 0.4) is 0 Å². The van der Waals surface area contributed by atoms with Gasteiger partial charge < -0.3 is 0 Å². The number of halogens is 3. The van der Waals surface area contributed by atoms with Gasteiger partial charge in [-0.1, -0.05) is 36.9 Å². The van der Waals surface area contributed by atoms with E-state index < -0.39 is 6.18 Å². The van der Waals surface area contributed by atoms with E-state index >= 15 is 0 Å². The second-order valence-electron chi connectivity index (χ2n) is 2.92. The summed E-state index contributed by atoms with van der Waals surface area (Å²) in [5, 5.41) is 1.08. The monoisotopic (exact) mass is 232 g/mol. The molecule has 1 aromatic carbocycles. The van der Waals surface area contributed by atoms with Crippen LogP contribution in [0.4, 0.5) is 13.2 Å². The zero-order valence-corrected chi connectivity index (χ0v) is 9.03. The Labute approximate surface area is 91.2 Å². The summed E-state index contributed by atoms with van der Waals surface area (Å²) in [6, 6.07) is 7.45. The molecule has 0 bridgehead atoms. The summed E-state index contributed by atoms with van der Waals surface area (Å²) in [5.74, 6) is 0. The van der Waals surface area contributed by atoms with Gasteiger partial charge in [0.05, 0.1) is 0 Å². The van der Waals surface area contributed by atoms with Gasteiger partial charge in [0.15, 0.2) is 0 Å². The Morgan fingerprint density at radius 1 is 1.27 bits per heavy atom. The molecule has 0 unspecified atom stereocenters. The lowest BCUT2D eigenvalue weighted by atomic mass is 10.2. The first-order valence-corrected chi connectivity index (χ1v) is 5.40. The third-order valence-electron chi connectivity index (χ3n) is 1.81. The molecule has 4 heteroatoms. The SMILES string of the molecule is CCc1ccccc1S/C=C/C(F)(F)F. The molecule has 0 aliphatic carbocycles. The second kappa shape index (κ2) is 5.26. The molecule has 0 saturated carbocycles. The zero-order valence-electron chi connectivity index (χ0n) is 8.21. The minimum Gasteiger partial charge on any atom is -0.167 e. The maximum absolute atomic E-state index is 11.8. The number of thioether (sulfide) groups is 1. The fraction of sp³-hybridized carbons (Fsp3) is 0.273. The molecule has 0 heterocycles. The number of hydrogen-bond donors (Lipinski definition) is 0. The predicted molar refractivity (Wildman–Crippen MR) is 56.9 cm³/mol. The van der Waals surface area contributed by atoms with Crippen LogP contribution < -0.4 is 0 Å². The van der Waals surface area contributed by atoms with Gasteiger partial charge in [-0.05, 0) is 23.5 Å². The van der Waals surface area contributed by atoms with Gasteiger partial charge >= 0.3 is 6.18 Å². The molecule has 1 rings (SSSR count). The number of benzene rings is 1. The minimum absolute atomic E-state index is 0.254. The molecule has 1 aromatic rings. The molecular weight excluding hydrogens is 221 g/mol. The highest BCUT2D eigenvalue weighted by Crippen LogP contribution is 2.26. The lowest BCUT2D eigenvalue weighted by Gasteiger charge is -2.03. The lowest BCUT2D eigenvalue weighted by Crippen LogP contribution is -1.99. The van der Waals surface area contributed by atoms with Gasteiger partial charge in [0, 0.05) is 11.0 Å². The highest BCUT2D eigenvalue weighted by atomic mass is 32.2. The van der Waals surface area contributed by atoms with Crippen LogP contribution in [0.25, 0.3) is 0 Å². The van der Waals surface area contributed by atoms with E-state index in [1.54, 1.807) is 0 Å². The maximum Gasteiger partial charge on any atom is 0.410 e. The van der Waals surface area contributed by atoms with Gasteiger partial charge in [-0.2, -0.15) is 13.2 Å². The average molecular weight is 232 g/mol. The highest BCUT2D eigenvalue weighted by molar-refractivity contribution is 8.02. The van der Waals surface area contributed by atoms with Crippen LogP contribution in [-0.2, 0) is 6.42 Å². The highest BCUT2D eigenvalue weighted by Gasteiger charge is 2.21. The Hall–Kier alpha value is -0.900. The summed E-state index contributed by atoms with van der Waals surface area (Å²) in [4.78, 5) is 0.875. The minimum atomic E-state index is -4.23. The van der Waals surface area contributed by atoms with E-state index in [9.17, 15) is 13.2 Å². The first kappa shape index (κ1) is 12.2. The quantitative estimate of drug-likeness (QED) is 0.695. The van der Waals surface area contributed by atoms with E-state index in [0.717, 1.165) is 34.0 Å². The van der Waals surface area contributed by atoms with Crippen molar-refractivity contribution in [2.75, 3.05) is 0 Å². The molecular formula is C11H11F3S. The molecule has 0 aromatic heterocycles. The molecule has 0 nitrogen and oxygen atoms in total. The average Bonchev–Trinajstić information content (AvgIpc) is 2.16. The van der Waals surface area contributed by atoms with Crippen molar-refractivity contribution in [3.8, 4) is 0 Å². The number of hydrogen-bond acceptors (Lipinski definition) is 1. The largest absolute Gasteiger partial charge is 0.410 e. The van der Waals surface area contributed by atoms with Crippen LogP contribution in [0.15, 0.2) is 40.6 Å². The van der Waals surface area contributed by atoms with Gasteiger partial charge in [0.25, 0.3) is 0 Å². The smallest absolute Gasteiger partial charge is 0.167 e. The normalized spacial score (nSPS) is 12.3. The Morgan fingerprint density at radius 2 is 1.93 bits per heavy atom. The molecule has 0 atom stereocenters. The van der Waals surface area contributed by atoms with Crippen molar-refractivity contribution in [2.24, 2.45) is 0 Å². The fourth-order valence-corrected chi connectivity index (χ4v) is 1.99. The molecule has 0 aliphatic rings. The van der Waals surface area contributed by atoms with Crippen molar-refractivity contribution in [1.82, 2.24) is 0 Å². The molecule has 15 heavy (non-hydrogen) atoms. The number of allylic oxidation sites excluding steroid dienone is 1. The molecule has 0 spiro atoms. The van der Waals surface area contributed by atoms with Crippen LogP contribution in [0.5, 0.6) is 0 Å². The number of aryl methyl sites for hydroxylation is 1. The van der Waals surface area contributed by atoms with Gasteiger partial charge in [0.2, 0.25) is 0 Å². The second-order valence-corrected chi connectivity index (χ2v) is 3.87.